The van der Waals surface area contributed by atoms with Crippen LogP contribution in [-0.4, -0.2) is 26.0 Å². The van der Waals surface area contributed by atoms with Crippen molar-refractivity contribution in [1.82, 2.24) is 15.0 Å². The van der Waals surface area contributed by atoms with E-state index in [1.165, 1.54) is 30.3 Å². The van der Waals surface area contributed by atoms with Crippen molar-refractivity contribution in [2.75, 3.05) is 0 Å². The minimum atomic E-state index is -5.15. The quantitative estimate of drug-likeness (QED) is 0.519. The van der Waals surface area contributed by atoms with Gasteiger partial charge in [-0.25, -0.2) is 14.8 Å². The first-order valence-electron chi connectivity index (χ1n) is 9.05. The lowest BCUT2D eigenvalue weighted by Gasteiger charge is -2.24. The van der Waals surface area contributed by atoms with Gasteiger partial charge in [0, 0.05) is 11.0 Å². The van der Waals surface area contributed by atoms with Gasteiger partial charge in [0.25, 0.3) is 0 Å². The zero-order valence-corrected chi connectivity index (χ0v) is 16.6. The molecule has 3 heterocycles. The van der Waals surface area contributed by atoms with Crippen LogP contribution in [0.5, 0.6) is 0 Å². The average Bonchev–Trinajstić information content (AvgIpc) is 2.72. The molecule has 0 spiro atoms. The maximum Gasteiger partial charge on any atom is 0.434 e. The highest BCUT2D eigenvalue weighted by Gasteiger charge is 2.40. The zero-order chi connectivity index (χ0) is 23.9. The number of rotatable bonds is 4. The molecule has 0 aliphatic heterocycles. The van der Waals surface area contributed by atoms with Gasteiger partial charge < -0.3 is 5.11 Å². The monoisotopic (exact) mass is 455 g/mol. The number of halogens is 6. The second-order valence-corrected chi connectivity index (χ2v) is 7.33. The standard InChI is InChI=1S/C21H15F6N3O2/c1-19(2,15-8-4-6-13(29-15)18(31)32)14-7-3-5-12(28-14)11-9-10-16(20(22,23)24)30-17(11)21(25,26)27/h3-10H,1-2H3,(H,31,32). The Morgan fingerprint density at radius 2 is 1.34 bits per heavy atom. The highest BCUT2D eigenvalue weighted by Crippen LogP contribution is 2.39. The van der Waals surface area contributed by atoms with Crippen LogP contribution in [0.3, 0.4) is 0 Å². The lowest BCUT2D eigenvalue weighted by molar-refractivity contribution is -0.149. The van der Waals surface area contributed by atoms with Crippen LogP contribution in [0.2, 0.25) is 0 Å². The summed E-state index contributed by atoms with van der Waals surface area (Å²) in [5, 5.41) is 9.15. The number of carboxylic acid groups (broad SMARTS) is 1. The molecular weight excluding hydrogens is 440 g/mol. The Kier molecular flexibility index (Phi) is 5.71. The fourth-order valence-electron chi connectivity index (χ4n) is 3.01. The van der Waals surface area contributed by atoms with E-state index >= 15 is 0 Å². The lowest BCUT2D eigenvalue weighted by atomic mass is 9.84. The first-order chi connectivity index (χ1) is 14.7. The molecule has 0 atom stereocenters. The molecule has 0 aliphatic rings. The van der Waals surface area contributed by atoms with Crippen molar-refractivity contribution in [3.8, 4) is 11.3 Å². The van der Waals surface area contributed by atoms with E-state index in [2.05, 4.69) is 15.0 Å². The van der Waals surface area contributed by atoms with Crippen LogP contribution >= 0.6 is 0 Å². The Hall–Kier alpha value is -3.50. The van der Waals surface area contributed by atoms with Crippen molar-refractivity contribution in [3.05, 3.63) is 77.0 Å². The molecule has 168 valence electrons. The first-order valence-corrected chi connectivity index (χ1v) is 9.05. The second-order valence-electron chi connectivity index (χ2n) is 7.33. The summed E-state index contributed by atoms with van der Waals surface area (Å²) >= 11 is 0. The van der Waals surface area contributed by atoms with Crippen LogP contribution < -0.4 is 0 Å². The van der Waals surface area contributed by atoms with E-state index in [1.807, 2.05) is 0 Å². The van der Waals surface area contributed by atoms with Gasteiger partial charge in [0.1, 0.15) is 11.4 Å². The van der Waals surface area contributed by atoms with Gasteiger partial charge in [-0.15, -0.1) is 0 Å². The fraction of sp³-hybridized carbons (Fsp3) is 0.238. The number of hydrogen-bond acceptors (Lipinski definition) is 4. The Labute approximate surface area is 177 Å². The van der Waals surface area contributed by atoms with Gasteiger partial charge in [-0.05, 0) is 50.2 Å². The van der Waals surface area contributed by atoms with E-state index < -0.39 is 40.7 Å². The van der Waals surface area contributed by atoms with E-state index in [1.54, 1.807) is 19.9 Å². The number of nitrogens with zero attached hydrogens (tertiary/aromatic N) is 3. The van der Waals surface area contributed by atoms with E-state index in [0.717, 1.165) is 0 Å². The fourth-order valence-corrected chi connectivity index (χ4v) is 3.01. The molecule has 5 nitrogen and oxygen atoms in total. The van der Waals surface area contributed by atoms with E-state index in [9.17, 15) is 31.1 Å². The van der Waals surface area contributed by atoms with Crippen LogP contribution in [-0.2, 0) is 17.8 Å². The maximum absolute atomic E-state index is 13.5. The first kappa shape index (κ1) is 23.2. The number of pyridine rings is 3. The van der Waals surface area contributed by atoms with Crippen LogP contribution in [0.25, 0.3) is 11.3 Å². The van der Waals surface area contributed by atoms with Crippen LogP contribution in [0.1, 0.15) is 47.1 Å². The van der Waals surface area contributed by atoms with Crippen LogP contribution in [0.15, 0.2) is 48.5 Å². The molecule has 3 aromatic heterocycles. The summed E-state index contributed by atoms with van der Waals surface area (Å²) in [6.45, 7) is 3.28. The number of carboxylic acids is 1. The van der Waals surface area contributed by atoms with Gasteiger partial charge in [-0.2, -0.15) is 26.3 Å². The molecule has 0 saturated heterocycles. The molecule has 0 unspecified atom stereocenters. The predicted molar refractivity (Wildman–Crippen MR) is 101 cm³/mol. The molecule has 0 aromatic carbocycles. The Bertz CT molecular complexity index is 1170. The molecule has 0 saturated carbocycles. The molecule has 0 bridgehead atoms. The SMILES string of the molecule is CC(C)(c1cccc(C(=O)O)n1)c1cccc(-c2ccc(C(F)(F)F)nc2C(F)(F)F)n1. The third-order valence-corrected chi connectivity index (χ3v) is 4.73. The molecule has 32 heavy (non-hydrogen) atoms. The van der Waals surface area contributed by atoms with Crippen molar-refractivity contribution in [1.29, 1.82) is 0 Å². The summed E-state index contributed by atoms with van der Waals surface area (Å²) in [5.74, 6) is -1.25. The van der Waals surface area contributed by atoms with Crippen molar-refractivity contribution in [2.24, 2.45) is 0 Å². The molecule has 0 fully saturated rings. The molecule has 11 heteroatoms. The highest BCUT2D eigenvalue weighted by molar-refractivity contribution is 5.85. The predicted octanol–water partition coefficient (Wildman–Crippen LogP) is 5.60. The number of carbonyl (C=O) groups is 1. The number of hydrogen-bond donors (Lipinski definition) is 1. The van der Waals surface area contributed by atoms with E-state index in [0.29, 0.717) is 17.8 Å². The minimum Gasteiger partial charge on any atom is -0.477 e. The van der Waals surface area contributed by atoms with Crippen molar-refractivity contribution >= 4 is 5.97 Å². The Morgan fingerprint density at radius 1 is 0.750 bits per heavy atom. The average molecular weight is 455 g/mol. The molecule has 3 aromatic rings. The number of alkyl halides is 6. The van der Waals surface area contributed by atoms with Gasteiger partial charge >= 0.3 is 18.3 Å². The highest BCUT2D eigenvalue weighted by atomic mass is 19.4. The summed E-state index contributed by atoms with van der Waals surface area (Å²) in [5.41, 5.74) is -4.95. The largest absolute Gasteiger partial charge is 0.477 e. The Morgan fingerprint density at radius 3 is 1.91 bits per heavy atom. The third kappa shape index (κ3) is 4.56. The van der Waals surface area contributed by atoms with Gasteiger partial charge in [0.05, 0.1) is 17.1 Å². The summed E-state index contributed by atoms with van der Waals surface area (Å²) < 4.78 is 79.2. The van der Waals surface area contributed by atoms with Gasteiger partial charge in [0.2, 0.25) is 0 Å². The number of aromatic carboxylic acids is 1. The zero-order valence-electron chi connectivity index (χ0n) is 16.6. The molecule has 0 radical (unpaired) electrons. The maximum atomic E-state index is 13.5. The van der Waals surface area contributed by atoms with Gasteiger partial charge in [-0.1, -0.05) is 12.1 Å². The van der Waals surface area contributed by atoms with Crippen molar-refractivity contribution < 1.29 is 36.2 Å². The van der Waals surface area contributed by atoms with Crippen molar-refractivity contribution in [3.63, 3.8) is 0 Å². The molecule has 1 N–H and O–H groups in total. The van der Waals surface area contributed by atoms with Gasteiger partial charge in [0.15, 0.2) is 5.69 Å². The summed E-state index contributed by atoms with van der Waals surface area (Å²) in [7, 11) is 0. The van der Waals surface area contributed by atoms with Gasteiger partial charge in [-0.3, -0.25) is 4.98 Å². The lowest BCUT2D eigenvalue weighted by Crippen LogP contribution is -2.23. The van der Waals surface area contributed by atoms with E-state index in [-0.39, 0.29) is 17.1 Å². The summed E-state index contributed by atoms with van der Waals surface area (Å²) in [4.78, 5) is 22.3. The molecular formula is C21H15F6N3O2. The van der Waals surface area contributed by atoms with Crippen LogP contribution in [0.4, 0.5) is 26.3 Å². The normalized spacial score (nSPS) is 12.6. The topological polar surface area (TPSA) is 76.0 Å². The number of aromatic nitrogens is 3. The molecule has 0 amide bonds. The summed E-state index contributed by atoms with van der Waals surface area (Å²) in [6, 6.07) is 9.57. The van der Waals surface area contributed by atoms with Crippen LogP contribution in [0, 0.1) is 0 Å². The smallest absolute Gasteiger partial charge is 0.434 e. The molecule has 0 aliphatic carbocycles. The Balaban J connectivity index is 2.14. The van der Waals surface area contributed by atoms with E-state index in [4.69, 9.17) is 5.11 Å². The third-order valence-electron chi connectivity index (χ3n) is 4.73. The molecule has 3 rings (SSSR count). The summed E-state index contributed by atoms with van der Waals surface area (Å²) in [6.07, 6.45) is -10.2. The second kappa shape index (κ2) is 7.88. The van der Waals surface area contributed by atoms with Crippen molar-refractivity contribution in [2.45, 2.75) is 31.6 Å². The minimum absolute atomic E-state index is 0.224.